The van der Waals surface area contributed by atoms with Gasteiger partial charge in [0, 0.05) is 51.8 Å². The summed E-state index contributed by atoms with van der Waals surface area (Å²) in [6.07, 6.45) is 5.14. The molecular weight excluding hydrogens is 586 g/mol. The molecule has 0 saturated heterocycles. The van der Waals surface area contributed by atoms with E-state index in [9.17, 15) is 24.0 Å². The zero-order valence-corrected chi connectivity index (χ0v) is 25.3. The molecule has 236 valence electrons. The summed E-state index contributed by atoms with van der Waals surface area (Å²) in [4.78, 5) is 76.6. The van der Waals surface area contributed by atoms with E-state index in [0.717, 1.165) is 13.0 Å². The van der Waals surface area contributed by atoms with Crippen molar-refractivity contribution in [2.24, 2.45) is 21.1 Å². The molecule has 0 aliphatic carbocycles. The zero-order chi connectivity index (χ0) is 32.8. The summed E-state index contributed by atoms with van der Waals surface area (Å²) >= 11 is 0. The van der Waals surface area contributed by atoms with Crippen LogP contribution >= 0.6 is 0 Å². The lowest BCUT2D eigenvalue weighted by molar-refractivity contribution is 0.0695. The summed E-state index contributed by atoms with van der Waals surface area (Å²) in [6.45, 7) is 1.30. The Morgan fingerprint density at radius 1 is 0.667 bits per heavy atom. The molecule has 0 radical (unpaired) electrons. The molecule has 3 heterocycles. The van der Waals surface area contributed by atoms with Crippen molar-refractivity contribution in [2.45, 2.75) is 6.42 Å². The fourth-order valence-electron chi connectivity index (χ4n) is 4.19. The van der Waals surface area contributed by atoms with Gasteiger partial charge >= 0.3 is 5.97 Å². The van der Waals surface area contributed by atoms with Gasteiger partial charge in [-0.1, -0.05) is 0 Å². The number of nitrogens with zero attached hydrogens (tertiary/aromatic N) is 7. The Labute approximate surface area is 257 Å². The van der Waals surface area contributed by atoms with Crippen LogP contribution in [0.3, 0.4) is 0 Å². The Kier molecular flexibility index (Phi) is 9.72. The summed E-state index contributed by atoms with van der Waals surface area (Å²) in [7, 11) is 8.66. The quantitative estimate of drug-likeness (QED) is 0.142. The maximum atomic E-state index is 13.0. The Morgan fingerprint density at radius 2 is 1.07 bits per heavy atom. The molecule has 1 aromatic carbocycles. The highest BCUT2D eigenvalue weighted by molar-refractivity contribution is 6.06. The number of nitrogens with one attached hydrogen (secondary N) is 4. The predicted octanol–water partition coefficient (Wildman–Crippen LogP) is 1.02. The van der Waals surface area contributed by atoms with E-state index >= 15 is 0 Å². The number of hydrogen-bond donors (Lipinski definition) is 5. The van der Waals surface area contributed by atoms with Crippen LogP contribution in [0.1, 0.15) is 59.0 Å². The van der Waals surface area contributed by atoms with Gasteiger partial charge in [0.1, 0.15) is 0 Å². The number of rotatable bonds is 12. The second-order valence-corrected chi connectivity index (χ2v) is 10.3. The van der Waals surface area contributed by atoms with Gasteiger partial charge in [-0.05, 0) is 51.3 Å². The lowest BCUT2D eigenvalue weighted by Gasteiger charge is -2.09. The Hall–Kier alpha value is -5.84. The predicted molar refractivity (Wildman–Crippen MR) is 162 cm³/mol. The molecule has 0 unspecified atom stereocenters. The first-order chi connectivity index (χ1) is 21.3. The van der Waals surface area contributed by atoms with Gasteiger partial charge < -0.3 is 45.0 Å². The second-order valence-electron chi connectivity index (χ2n) is 10.3. The number of imidazole rings is 3. The van der Waals surface area contributed by atoms with E-state index in [1.807, 2.05) is 19.0 Å². The first-order valence-corrected chi connectivity index (χ1v) is 13.6. The molecule has 0 saturated carbocycles. The van der Waals surface area contributed by atoms with E-state index in [-0.39, 0.29) is 52.0 Å². The van der Waals surface area contributed by atoms with Crippen molar-refractivity contribution in [3.63, 3.8) is 0 Å². The number of carboxylic acid groups (broad SMARTS) is 1. The van der Waals surface area contributed by atoms with Crippen molar-refractivity contribution in [3.8, 4) is 0 Å². The number of anilines is 3. The summed E-state index contributed by atoms with van der Waals surface area (Å²) in [5.41, 5.74) is 0.243. The van der Waals surface area contributed by atoms with Crippen molar-refractivity contribution in [1.82, 2.24) is 38.9 Å². The maximum absolute atomic E-state index is 13.0. The van der Waals surface area contributed by atoms with Crippen molar-refractivity contribution >= 4 is 47.1 Å². The SMILES string of the molecule is CN(C)CCCNC(=O)c1nc(NC(=O)c2nc(NC(=O)c3nc(NC(=O)c4ccc(C(=O)O)cc4)cn3C)cn2C)cn1C. The normalized spacial score (nSPS) is 10.9. The van der Waals surface area contributed by atoms with Gasteiger partial charge in [0.15, 0.2) is 17.5 Å². The number of carboxylic acids is 1. The molecule has 0 aliphatic heterocycles. The van der Waals surface area contributed by atoms with Crippen LogP contribution in [-0.2, 0) is 21.1 Å². The molecule has 17 nitrogen and oxygen atoms in total. The first-order valence-electron chi connectivity index (χ1n) is 13.6. The molecule has 0 spiro atoms. The number of hydrogen-bond acceptors (Lipinski definition) is 9. The van der Waals surface area contributed by atoms with Crippen LogP contribution in [0, 0.1) is 0 Å². The average Bonchev–Trinajstić information content (AvgIpc) is 3.66. The van der Waals surface area contributed by atoms with Gasteiger partial charge in [0.05, 0.1) is 5.56 Å². The molecule has 0 bridgehead atoms. The molecule has 4 amide bonds. The van der Waals surface area contributed by atoms with E-state index in [2.05, 4.69) is 36.2 Å². The smallest absolute Gasteiger partial charge is 0.335 e. The maximum Gasteiger partial charge on any atom is 0.335 e. The number of aryl methyl sites for hydroxylation is 3. The Balaban J connectivity index is 1.36. The van der Waals surface area contributed by atoms with E-state index in [0.29, 0.717) is 6.54 Å². The van der Waals surface area contributed by atoms with Gasteiger partial charge in [0.25, 0.3) is 23.6 Å². The third-order valence-corrected chi connectivity index (χ3v) is 6.42. The van der Waals surface area contributed by atoms with Crippen LogP contribution in [-0.4, -0.2) is 95.4 Å². The van der Waals surface area contributed by atoms with Gasteiger partial charge in [-0.25, -0.2) is 19.7 Å². The van der Waals surface area contributed by atoms with E-state index in [1.165, 1.54) is 56.6 Å². The summed E-state index contributed by atoms with van der Waals surface area (Å²) in [5.74, 6) is -2.95. The fraction of sp³-hybridized carbons (Fsp3) is 0.286. The summed E-state index contributed by atoms with van der Waals surface area (Å²) in [6, 6.07) is 5.33. The number of carbonyl (C=O) groups is 5. The fourth-order valence-corrected chi connectivity index (χ4v) is 4.19. The molecule has 5 N–H and O–H groups in total. The first kappa shape index (κ1) is 32.1. The van der Waals surface area contributed by atoms with Crippen molar-refractivity contribution in [2.75, 3.05) is 43.1 Å². The lowest BCUT2D eigenvalue weighted by atomic mass is 10.1. The molecule has 3 aromatic heterocycles. The Morgan fingerprint density at radius 3 is 1.49 bits per heavy atom. The highest BCUT2D eigenvalue weighted by Crippen LogP contribution is 2.15. The molecule has 17 heteroatoms. The van der Waals surface area contributed by atoms with Crippen LogP contribution in [0.15, 0.2) is 42.9 Å². The number of carbonyl (C=O) groups excluding carboxylic acids is 4. The number of amides is 4. The van der Waals surface area contributed by atoms with Crippen LogP contribution in [0.2, 0.25) is 0 Å². The minimum Gasteiger partial charge on any atom is -0.478 e. The standard InChI is InChI=1S/C28H33N11O6/c1-36(2)12-6-11-29-25(41)21-30-19(14-37(21)3)34-27(43)23-32-20(15-39(23)5)35-26(42)22-31-18(13-38(22)4)33-24(40)16-7-9-17(10-8-16)28(44)45/h7-10,13-15H,6,11-12H2,1-5H3,(H,29,41)(H,33,40)(H,34,43)(H,35,42)(H,44,45). The van der Waals surface area contributed by atoms with Crippen molar-refractivity contribution in [1.29, 1.82) is 0 Å². The summed E-state index contributed by atoms with van der Waals surface area (Å²) in [5, 5.41) is 19.6. The minimum absolute atomic E-state index is 0.0349. The monoisotopic (exact) mass is 619 g/mol. The topological polar surface area (TPSA) is 210 Å². The van der Waals surface area contributed by atoms with Crippen LogP contribution in [0.5, 0.6) is 0 Å². The van der Waals surface area contributed by atoms with Crippen molar-refractivity contribution in [3.05, 3.63) is 71.5 Å². The Bertz CT molecular complexity index is 1750. The van der Waals surface area contributed by atoms with E-state index in [1.54, 1.807) is 21.1 Å². The highest BCUT2D eigenvalue weighted by Gasteiger charge is 2.21. The largest absolute Gasteiger partial charge is 0.478 e. The lowest BCUT2D eigenvalue weighted by Crippen LogP contribution is -2.29. The van der Waals surface area contributed by atoms with Gasteiger partial charge in [0.2, 0.25) is 17.5 Å². The van der Waals surface area contributed by atoms with Crippen LogP contribution in [0.25, 0.3) is 0 Å². The highest BCUT2D eigenvalue weighted by atomic mass is 16.4. The molecule has 0 aliphatic rings. The zero-order valence-electron chi connectivity index (χ0n) is 25.3. The number of aromatic carboxylic acids is 1. The summed E-state index contributed by atoms with van der Waals surface area (Å²) < 4.78 is 4.30. The van der Waals surface area contributed by atoms with Crippen LogP contribution < -0.4 is 21.3 Å². The second kappa shape index (κ2) is 13.6. The third-order valence-electron chi connectivity index (χ3n) is 6.42. The molecule has 45 heavy (non-hydrogen) atoms. The molecule has 4 rings (SSSR count). The number of benzene rings is 1. The van der Waals surface area contributed by atoms with Gasteiger partial charge in [-0.3, -0.25) is 19.2 Å². The molecule has 0 fully saturated rings. The third kappa shape index (κ3) is 7.96. The van der Waals surface area contributed by atoms with Gasteiger partial charge in [-0.15, -0.1) is 0 Å². The van der Waals surface area contributed by atoms with Crippen molar-refractivity contribution < 1.29 is 29.1 Å². The molecule has 0 atom stereocenters. The van der Waals surface area contributed by atoms with E-state index < -0.39 is 23.7 Å². The minimum atomic E-state index is -1.11. The van der Waals surface area contributed by atoms with Crippen LogP contribution in [0.4, 0.5) is 17.5 Å². The molecular formula is C28H33N11O6. The molecule has 4 aromatic rings. The van der Waals surface area contributed by atoms with Gasteiger partial charge in [-0.2, -0.15) is 0 Å². The number of aromatic nitrogens is 6. The van der Waals surface area contributed by atoms with E-state index in [4.69, 9.17) is 5.11 Å². The average molecular weight is 620 g/mol.